The molecule has 0 radical (unpaired) electrons. The predicted molar refractivity (Wildman–Crippen MR) is 74.1 cm³/mol. The first-order valence-corrected chi connectivity index (χ1v) is 12.4. The van der Waals surface area contributed by atoms with Crippen LogP contribution in [-0.2, 0) is 8.37 Å². The summed E-state index contributed by atoms with van der Waals surface area (Å²) in [7, 11) is 8.79. The molecule has 12 heteroatoms. The Hall–Kier alpha value is 1.38. The summed E-state index contributed by atoms with van der Waals surface area (Å²) in [5, 5.41) is 16.0. The Kier molecular flexibility index (Phi) is 15.8. The van der Waals surface area contributed by atoms with Crippen LogP contribution in [0.25, 0.3) is 0 Å². The van der Waals surface area contributed by atoms with E-state index in [9.17, 15) is 0 Å². The first-order chi connectivity index (χ1) is 6.91. The van der Waals surface area contributed by atoms with Crippen molar-refractivity contribution in [3.05, 3.63) is 0 Å². The fraction of sp³-hybridized carbons (Fsp3) is 0. The van der Waals surface area contributed by atoms with Crippen molar-refractivity contribution in [3.8, 4) is 12.5 Å². The summed E-state index contributed by atoms with van der Waals surface area (Å²) in [4.78, 5) is 0. The lowest BCUT2D eigenvalue weighted by Gasteiger charge is -1.94. The van der Waals surface area contributed by atoms with E-state index in [4.69, 9.17) is 10.5 Å². The van der Waals surface area contributed by atoms with E-state index in [1.54, 1.807) is 12.5 Å². The zero-order chi connectivity index (χ0) is 10.5. The second kappa shape index (κ2) is 14.4. The molecule has 0 atom stereocenters. The first kappa shape index (κ1) is 15.4. The molecule has 0 unspecified atom stereocenters. The molecule has 0 fully saturated rings. The summed E-state index contributed by atoms with van der Waals surface area (Å²) in [6, 6.07) is 0. The Labute approximate surface area is 111 Å². The molecular weight excluding hydrogens is 341 g/mol. The first-order valence-electron chi connectivity index (χ1n) is 2.36. The number of nitrogens with zero attached hydrogens (tertiary/aromatic N) is 2. The lowest BCUT2D eigenvalue weighted by molar-refractivity contribution is 0.604. The van der Waals surface area contributed by atoms with Gasteiger partial charge in [0.05, 0.1) is 0 Å². The minimum absolute atomic E-state index is 1.02. The van der Waals surface area contributed by atoms with Gasteiger partial charge in [-0.1, -0.05) is 0 Å². The van der Waals surface area contributed by atoms with Crippen molar-refractivity contribution in [2.24, 2.45) is 0 Å². The van der Waals surface area contributed by atoms with Gasteiger partial charge in [-0.05, 0) is 0 Å². The normalized spacial score (nSPS) is 8.71. The van der Waals surface area contributed by atoms with Crippen LogP contribution >= 0.6 is 81.1 Å². The van der Waals surface area contributed by atoms with Gasteiger partial charge in [0.25, 0.3) is 0 Å². The highest BCUT2D eigenvalue weighted by atomic mass is 34.0. The van der Waals surface area contributed by atoms with Gasteiger partial charge < -0.3 is 8.37 Å². The third kappa shape index (κ3) is 13.4. The average molecular weight is 341 g/mol. The van der Waals surface area contributed by atoms with Gasteiger partial charge in [0.1, 0.15) is 0 Å². The maximum absolute atomic E-state index is 8.01. The molecule has 0 heterocycles. The van der Waals surface area contributed by atoms with Crippen molar-refractivity contribution < 1.29 is 8.37 Å². The topological polar surface area (TPSA) is 66.0 Å². The monoisotopic (exact) mass is 340 g/mol. The molecule has 0 saturated carbocycles. The number of nitriles is 2. The molecule has 0 aliphatic carbocycles. The van der Waals surface area contributed by atoms with Gasteiger partial charge in [-0.25, -0.2) is 0 Å². The Morgan fingerprint density at radius 3 is 1.36 bits per heavy atom. The van der Waals surface area contributed by atoms with Crippen molar-refractivity contribution in [2.75, 3.05) is 0 Å². The van der Waals surface area contributed by atoms with E-state index in [2.05, 4.69) is 8.37 Å². The van der Waals surface area contributed by atoms with Crippen molar-refractivity contribution in [2.45, 2.75) is 0 Å². The van der Waals surface area contributed by atoms with Gasteiger partial charge >= 0.3 is 12.5 Å². The van der Waals surface area contributed by atoms with Crippen LogP contribution in [0.3, 0.4) is 0 Å². The van der Waals surface area contributed by atoms with Gasteiger partial charge in [-0.2, -0.15) is 0 Å². The molecule has 14 heavy (non-hydrogen) atoms. The maximum Gasteiger partial charge on any atom is 0.300 e. The van der Waals surface area contributed by atoms with Crippen LogP contribution in [0.1, 0.15) is 0 Å². The smallest absolute Gasteiger partial charge is 0.300 e. The second-order valence-corrected chi connectivity index (χ2v) is 12.9. The van der Waals surface area contributed by atoms with E-state index in [1.165, 1.54) is 59.0 Å². The zero-order valence-electron chi connectivity index (χ0n) is 5.98. The van der Waals surface area contributed by atoms with Crippen molar-refractivity contribution in [1.29, 1.82) is 10.5 Å². The largest absolute Gasteiger partial charge is 0.340 e. The van der Waals surface area contributed by atoms with E-state index in [0.717, 1.165) is 22.1 Å². The van der Waals surface area contributed by atoms with Gasteiger partial charge in [0.15, 0.2) is 22.1 Å². The summed E-state index contributed by atoms with van der Waals surface area (Å²) >= 11 is 2.04. The summed E-state index contributed by atoms with van der Waals surface area (Å²) in [5.74, 6) is 0. The molecule has 0 spiro atoms. The molecule has 0 amide bonds. The molecule has 0 saturated heterocycles. The highest BCUT2D eigenvalue weighted by Gasteiger charge is 1.97. The van der Waals surface area contributed by atoms with Gasteiger partial charge in [0.2, 0.25) is 0 Å². The fourth-order valence-corrected chi connectivity index (χ4v) is 13.9. The van der Waals surface area contributed by atoms with E-state index < -0.39 is 0 Å². The molecular formula is C2N2O2S8. The van der Waals surface area contributed by atoms with Crippen LogP contribution in [0, 0.1) is 23.0 Å². The lowest BCUT2D eigenvalue weighted by atomic mass is 11.6. The van der Waals surface area contributed by atoms with Crippen molar-refractivity contribution >= 4 is 81.1 Å². The van der Waals surface area contributed by atoms with Crippen LogP contribution in [-0.4, -0.2) is 0 Å². The zero-order valence-corrected chi connectivity index (χ0v) is 12.5. The highest BCUT2D eigenvalue weighted by Crippen LogP contribution is 2.57. The molecule has 78 valence electrons. The SMILES string of the molecule is N#COSSSSSSSSOC#N. The van der Waals surface area contributed by atoms with Gasteiger partial charge in [-0.15, -0.1) is 10.5 Å². The molecule has 0 aromatic carbocycles. The average Bonchev–Trinajstić information content (AvgIpc) is 2.21. The quantitative estimate of drug-likeness (QED) is 0.243. The standard InChI is InChI=1S/C2N2O2S8/c3-1-5-7-9-11-13-14-12-10-8-6-2-4. The molecule has 0 aliphatic rings. The molecule has 0 aromatic heterocycles. The summed E-state index contributed by atoms with van der Waals surface area (Å²) in [6.07, 6.45) is 3.09. The third-order valence-electron chi connectivity index (χ3n) is 0.337. The van der Waals surface area contributed by atoms with Crippen LogP contribution in [0.5, 0.6) is 0 Å². The minimum Gasteiger partial charge on any atom is -0.340 e. The third-order valence-corrected chi connectivity index (χ3v) is 13.6. The molecule has 0 N–H and O–H groups in total. The number of hydrogen-bond donors (Lipinski definition) is 0. The predicted octanol–water partition coefficient (Wildman–Crippen LogP) is 5.08. The van der Waals surface area contributed by atoms with Crippen molar-refractivity contribution in [3.63, 3.8) is 0 Å². The summed E-state index contributed by atoms with van der Waals surface area (Å²) in [5.41, 5.74) is 0. The Balaban J connectivity index is 2.86. The number of hydrogen-bond acceptors (Lipinski definition) is 12. The summed E-state index contributed by atoms with van der Waals surface area (Å²) in [6.45, 7) is 0. The van der Waals surface area contributed by atoms with Crippen LogP contribution < -0.4 is 0 Å². The Morgan fingerprint density at radius 1 is 0.643 bits per heavy atom. The van der Waals surface area contributed by atoms with E-state index in [1.807, 2.05) is 0 Å². The van der Waals surface area contributed by atoms with Crippen molar-refractivity contribution in [1.82, 2.24) is 0 Å². The van der Waals surface area contributed by atoms with E-state index in [0.29, 0.717) is 0 Å². The molecule has 0 aliphatic heterocycles. The lowest BCUT2D eigenvalue weighted by Crippen LogP contribution is -1.52. The van der Waals surface area contributed by atoms with Gasteiger partial charge in [0, 0.05) is 59.0 Å². The van der Waals surface area contributed by atoms with Gasteiger partial charge in [-0.3, -0.25) is 0 Å². The Bertz CT molecular complexity index is 178. The van der Waals surface area contributed by atoms with Crippen LogP contribution in [0.15, 0.2) is 0 Å². The Morgan fingerprint density at radius 2 is 1.00 bits per heavy atom. The fourth-order valence-electron chi connectivity index (χ4n) is 0.126. The molecule has 0 rings (SSSR count). The van der Waals surface area contributed by atoms with E-state index in [-0.39, 0.29) is 0 Å². The molecule has 0 aromatic rings. The molecule has 0 bridgehead atoms. The maximum atomic E-state index is 8.01. The number of rotatable bonds is 9. The van der Waals surface area contributed by atoms with Crippen LogP contribution in [0.2, 0.25) is 0 Å². The van der Waals surface area contributed by atoms with Crippen LogP contribution in [0.4, 0.5) is 0 Å². The highest BCUT2D eigenvalue weighted by molar-refractivity contribution is 9.48. The summed E-state index contributed by atoms with van der Waals surface area (Å²) < 4.78 is 8.73. The van der Waals surface area contributed by atoms with E-state index >= 15 is 0 Å². The second-order valence-electron chi connectivity index (χ2n) is 0.894. The molecule has 4 nitrogen and oxygen atoms in total. The minimum atomic E-state index is 1.02.